The molecule has 1 aromatic heterocycles. The molecule has 2 N–H and O–H groups in total. The molecule has 9 heteroatoms. The van der Waals surface area contributed by atoms with Gasteiger partial charge in [-0.05, 0) is 61.4 Å². The van der Waals surface area contributed by atoms with Crippen molar-refractivity contribution in [3.8, 4) is 17.1 Å². The maximum Gasteiger partial charge on any atom is 0.224 e. The van der Waals surface area contributed by atoms with Crippen molar-refractivity contribution >= 4 is 29.1 Å². The number of hydrogen-bond donors (Lipinski definition) is 2. The zero-order chi connectivity index (χ0) is 23.2. The largest absolute Gasteiger partial charge is 0.508 e. The number of benzene rings is 2. The first-order valence-electron chi connectivity index (χ1n) is 10.9. The number of nitrogens with zero attached hydrogens (tertiary/aromatic N) is 3. The first kappa shape index (κ1) is 23.0. The second-order valence-electron chi connectivity index (χ2n) is 7.79. The molecule has 2 heterocycles. The van der Waals surface area contributed by atoms with Crippen LogP contribution in [0, 0.1) is 0 Å². The molecule has 0 saturated carbocycles. The van der Waals surface area contributed by atoms with Crippen LogP contribution in [0.5, 0.6) is 5.75 Å². The Hall–Kier alpha value is -3.17. The minimum Gasteiger partial charge on any atom is -0.508 e. The molecule has 1 aliphatic heterocycles. The van der Waals surface area contributed by atoms with Crippen LogP contribution in [0.1, 0.15) is 36.5 Å². The minimum atomic E-state index is -0.0698. The molecular formula is C24H26N4O4S. The summed E-state index contributed by atoms with van der Waals surface area (Å²) in [6.07, 6.45) is 2.47. The summed E-state index contributed by atoms with van der Waals surface area (Å²) >= 11 is 1.34. The summed E-state index contributed by atoms with van der Waals surface area (Å²) in [7, 11) is 0. The molecule has 1 fully saturated rings. The molecule has 0 radical (unpaired) electrons. The Morgan fingerprint density at radius 1 is 1.15 bits per heavy atom. The van der Waals surface area contributed by atoms with E-state index in [2.05, 4.69) is 15.5 Å². The molecule has 172 valence electrons. The Bertz CT molecular complexity index is 1110. The number of ether oxygens (including phenoxy) is 1. The highest BCUT2D eigenvalue weighted by Gasteiger charge is 2.22. The Morgan fingerprint density at radius 3 is 2.58 bits per heavy atom. The number of amides is 1. The zero-order valence-corrected chi connectivity index (χ0v) is 19.2. The van der Waals surface area contributed by atoms with Crippen LogP contribution in [0.2, 0.25) is 0 Å². The quantitative estimate of drug-likeness (QED) is 0.360. The average Bonchev–Trinajstić information content (AvgIpc) is 3.49. The minimum absolute atomic E-state index is 0.0359. The van der Waals surface area contributed by atoms with Crippen LogP contribution in [-0.4, -0.2) is 50.0 Å². The Balaban J connectivity index is 1.48. The molecule has 1 atom stereocenters. The van der Waals surface area contributed by atoms with Crippen LogP contribution in [0.25, 0.3) is 11.4 Å². The van der Waals surface area contributed by atoms with Gasteiger partial charge in [0.25, 0.3) is 0 Å². The summed E-state index contributed by atoms with van der Waals surface area (Å²) in [5.41, 5.74) is 2.07. The first-order chi connectivity index (χ1) is 16.0. The topological polar surface area (TPSA) is 106 Å². The number of aromatic hydroxyl groups is 1. The maximum atomic E-state index is 12.8. The molecule has 33 heavy (non-hydrogen) atoms. The van der Waals surface area contributed by atoms with Crippen molar-refractivity contribution < 1.29 is 19.4 Å². The summed E-state index contributed by atoms with van der Waals surface area (Å²) in [6.45, 7) is 3.14. The van der Waals surface area contributed by atoms with Crippen molar-refractivity contribution in [1.82, 2.24) is 14.8 Å². The zero-order valence-electron chi connectivity index (χ0n) is 18.4. The van der Waals surface area contributed by atoms with E-state index in [1.54, 1.807) is 55.5 Å². The van der Waals surface area contributed by atoms with Gasteiger partial charge in [-0.1, -0.05) is 18.7 Å². The van der Waals surface area contributed by atoms with E-state index in [0.717, 1.165) is 25.0 Å². The lowest BCUT2D eigenvalue weighted by Crippen LogP contribution is -2.17. The number of carbonyl (C=O) groups excluding carboxylic acids is 2. The van der Waals surface area contributed by atoms with Gasteiger partial charge in [-0.2, -0.15) is 0 Å². The van der Waals surface area contributed by atoms with Gasteiger partial charge in [0.1, 0.15) is 5.75 Å². The number of phenolic OH excluding ortho intramolecular Hbond substituents is 1. The molecule has 4 rings (SSSR count). The number of nitrogens with one attached hydrogen (secondary N) is 1. The van der Waals surface area contributed by atoms with Crippen LogP contribution < -0.4 is 5.32 Å². The Kier molecular flexibility index (Phi) is 7.41. The average molecular weight is 467 g/mol. The summed E-state index contributed by atoms with van der Waals surface area (Å²) in [5, 5.41) is 21.7. The molecule has 0 unspecified atom stereocenters. The van der Waals surface area contributed by atoms with Crippen LogP contribution in [0.15, 0.2) is 53.7 Å². The number of thioether (sulfide) groups is 1. The predicted octanol–water partition coefficient (Wildman–Crippen LogP) is 4.15. The number of rotatable bonds is 9. The molecule has 3 aromatic rings. The normalized spacial score (nSPS) is 15.5. The van der Waals surface area contributed by atoms with E-state index in [-0.39, 0.29) is 29.3 Å². The van der Waals surface area contributed by atoms with E-state index < -0.39 is 0 Å². The van der Waals surface area contributed by atoms with Gasteiger partial charge in [0, 0.05) is 29.8 Å². The van der Waals surface area contributed by atoms with E-state index in [4.69, 9.17) is 4.74 Å². The van der Waals surface area contributed by atoms with E-state index in [1.165, 1.54) is 11.8 Å². The Labute approximate surface area is 196 Å². The van der Waals surface area contributed by atoms with Crippen molar-refractivity contribution in [2.45, 2.75) is 44.0 Å². The second kappa shape index (κ2) is 10.6. The van der Waals surface area contributed by atoms with Crippen molar-refractivity contribution in [2.24, 2.45) is 0 Å². The van der Waals surface area contributed by atoms with Crippen molar-refractivity contribution in [3.05, 3.63) is 54.1 Å². The summed E-state index contributed by atoms with van der Waals surface area (Å²) in [5.74, 6) is 0.964. The van der Waals surface area contributed by atoms with Crippen molar-refractivity contribution in [3.63, 3.8) is 0 Å². The Morgan fingerprint density at radius 2 is 1.91 bits per heavy atom. The lowest BCUT2D eigenvalue weighted by atomic mass is 10.1. The summed E-state index contributed by atoms with van der Waals surface area (Å²) in [6, 6.07) is 13.7. The fourth-order valence-corrected chi connectivity index (χ4v) is 4.42. The summed E-state index contributed by atoms with van der Waals surface area (Å²) < 4.78 is 7.80. The number of aromatic nitrogens is 3. The smallest absolute Gasteiger partial charge is 0.224 e. The molecule has 1 saturated heterocycles. The third kappa shape index (κ3) is 5.80. The highest BCUT2D eigenvalue weighted by Crippen LogP contribution is 2.28. The van der Waals surface area contributed by atoms with Crippen LogP contribution in [0.4, 0.5) is 5.69 Å². The van der Waals surface area contributed by atoms with E-state index in [0.29, 0.717) is 35.2 Å². The molecule has 0 aliphatic carbocycles. The van der Waals surface area contributed by atoms with Crippen molar-refractivity contribution in [1.29, 1.82) is 0 Å². The van der Waals surface area contributed by atoms with Gasteiger partial charge in [0.05, 0.1) is 18.4 Å². The molecule has 1 aliphatic rings. The van der Waals surface area contributed by atoms with Crippen LogP contribution in [0.3, 0.4) is 0 Å². The standard InChI is InChI=1S/C24H26N4O4S/c1-2-22(31)25-18-9-5-16(6-10-18)21(30)15-33-24-27-26-23(17-7-11-19(29)12-8-17)28(24)14-20-4-3-13-32-20/h5-12,20,29H,2-4,13-15H2,1H3,(H,25,31)/t20-/m0/s1. The van der Waals surface area contributed by atoms with Gasteiger partial charge >= 0.3 is 0 Å². The highest BCUT2D eigenvalue weighted by atomic mass is 32.2. The van der Waals surface area contributed by atoms with E-state index in [9.17, 15) is 14.7 Å². The van der Waals surface area contributed by atoms with Gasteiger partial charge in [-0.3, -0.25) is 14.2 Å². The fourth-order valence-electron chi connectivity index (χ4n) is 3.58. The highest BCUT2D eigenvalue weighted by molar-refractivity contribution is 7.99. The molecule has 1 amide bonds. The van der Waals surface area contributed by atoms with Crippen LogP contribution >= 0.6 is 11.8 Å². The number of phenols is 1. The van der Waals surface area contributed by atoms with Crippen LogP contribution in [-0.2, 0) is 16.1 Å². The number of Topliss-reactive ketones (excluding diaryl/α,β-unsaturated/α-hetero) is 1. The number of ketones is 1. The molecule has 2 aromatic carbocycles. The van der Waals surface area contributed by atoms with Gasteiger partial charge in [-0.25, -0.2) is 0 Å². The first-order valence-corrected chi connectivity index (χ1v) is 11.9. The third-order valence-corrected chi connectivity index (χ3v) is 6.36. The summed E-state index contributed by atoms with van der Waals surface area (Å²) in [4.78, 5) is 24.3. The predicted molar refractivity (Wildman–Crippen MR) is 127 cm³/mol. The second-order valence-corrected chi connectivity index (χ2v) is 8.73. The number of carbonyl (C=O) groups is 2. The van der Waals surface area contributed by atoms with E-state index in [1.807, 2.05) is 4.57 Å². The molecule has 0 spiro atoms. The number of hydrogen-bond acceptors (Lipinski definition) is 7. The van der Waals surface area contributed by atoms with E-state index >= 15 is 0 Å². The molecule has 0 bridgehead atoms. The van der Waals surface area contributed by atoms with Crippen molar-refractivity contribution in [2.75, 3.05) is 17.7 Å². The van der Waals surface area contributed by atoms with Gasteiger partial charge < -0.3 is 15.2 Å². The molecule has 8 nitrogen and oxygen atoms in total. The van der Waals surface area contributed by atoms with Gasteiger partial charge in [0.15, 0.2) is 16.8 Å². The monoisotopic (exact) mass is 466 g/mol. The fraction of sp³-hybridized carbons (Fsp3) is 0.333. The third-order valence-electron chi connectivity index (χ3n) is 5.40. The maximum absolute atomic E-state index is 12.8. The van der Waals surface area contributed by atoms with Gasteiger partial charge in [0.2, 0.25) is 5.91 Å². The van der Waals surface area contributed by atoms with Gasteiger partial charge in [-0.15, -0.1) is 10.2 Å². The lowest BCUT2D eigenvalue weighted by Gasteiger charge is -2.14. The SMILES string of the molecule is CCC(=O)Nc1ccc(C(=O)CSc2nnc(-c3ccc(O)cc3)n2C[C@@H]2CCCO2)cc1. The molecular weight excluding hydrogens is 440 g/mol. The lowest BCUT2D eigenvalue weighted by molar-refractivity contribution is -0.115. The number of anilines is 1.